The molecular formula is C72H42Cl2N4OS. The highest BCUT2D eigenvalue weighted by atomic mass is 35.5. The van der Waals surface area contributed by atoms with Gasteiger partial charge in [-0.2, -0.15) is 0 Å². The van der Waals surface area contributed by atoms with E-state index in [1.165, 1.54) is 72.3 Å². The number of hydrogen-bond acceptors (Lipinski definition) is 6. The summed E-state index contributed by atoms with van der Waals surface area (Å²) in [5, 5.41) is 3.33. The van der Waals surface area contributed by atoms with Crippen molar-refractivity contribution < 1.29 is 4.42 Å². The Bertz CT molecular complexity index is 4920. The maximum absolute atomic E-state index is 6.88. The fraction of sp³-hybridized carbons (Fsp3) is 0.0556. The minimum Gasteiger partial charge on any atom is -0.452 e. The fourth-order valence-corrected chi connectivity index (χ4v) is 15.6. The van der Waals surface area contributed by atoms with Crippen LogP contribution in [-0.2, 0) is 17.3 Å². The molecule has 0 saturated heterocycles. The smallest absolute Gasteiger partial charge is 0.225 e. The number of fused-ring (bicyclic) bond motifs is 19. The Balaban J connectivity index is 0.758. The number of halogens is 2. The Morgan fingerprint density at radius 3 is 1.64 bits per heavy atom. The molecule has 3 aliphatic rings. The maximum Gasteiger partial charge on any atom is 0.225 e. The van der Waals surface area contributed by atoms with E-state index in [9.17, 15) is 0 Å². The minimum atomic E-state index is -0.434. The number of thiophene rings is 1. The Labute approximate surface area is 474 Å². The van der Waals surface area contributed by atoms with Crippen LogP contribution in [0.15, 0.2) is 229 Å². The van der Waals surface area contributed by atoms with E-state index >= 15 is 0 Å². The molecule has 8 heteroatoms. The van der Waals surface area contributed by atoms with E-state index in [2.05, 4.69) is 223 Å². The third kappa shape index (κ3) is 6.46. The molecule has 0 saturated carbocycles. The van der Waals surface area contributed by atoms with Gasteiger partial charge in [-0.1, -0.05) is 207 Å². The van der Waals surface area contributed by atoms with E-state index in [0.717, 1.165) is 82.3 Å². The van der Waals surface area contributed by atoms with Crippen molar-refractivity contribution in [2.75, 3.05) is 0 Å². The van der Waals surface area contributed by atoms with Gasteiger partial charge in [-0.15, -0.1) is 11.3 Å². The van der Waals surface area contributed by atoms with Crippen LogP contribution in [0.25, 0.3) is 121 Å². The summed E-state index contributed by atoms with van der Waals surface area (Å²) in [6.45, 7) is 2.39. The molecule has 10 aromatic carbocycles. The predicted molar refractivity (Wildman–Crippen MR) is 328 cm³/mol. The average molecular weight is 1080 g/mol. The van der Waals surface area contributed by atoms with Crippen LogP contribution in [0.1, 0.15) is 45.9 Å². The van der Waals surface area contributed by atoms with Gasteiger partial charge in [0.1, 0.15) is 26.8 Å². The molecule has 0 aliphatic heterocycles. The highest BCUT2D eigenvalue weighted by molar-refractivity contribution is 7.25. The summed E-state index contributed by atoms with van der Waals surface area (Å²) in [4.78, 5) is 20.2. The number of benzene rings is 10. The van der Waals surface area contributed by atoms with Crippen molar-refractivity contribution in [1.29, 1.82) is 0 Å². The third-order valence-electron chi connectivity index (χ3n) is 17.5. The van der Waals surface area contributed by atoms with Gasteiger partial charge in [-0.05, 0) is 149 Å². The van der Waals surface area contributed by atoms with Gasteiger partial charge in [0.25, 0.3) is 0 Å². The zero-order chi connectivity index (χ0) is 53.0. The summed E-state index contributed by atoms with van der Waals surface area (Å²) < 4.78 is 7.97. The van der Waals surface area contributed by atoms with Crippen LogP contribution in [0.3, 0.4) is 0 Å². The van der Waals surface area contributed by atoms with Crippen molar-refractivity contribution >= 4 is 76.9 Å². The third-order valence-corrected chi connectivity index (χ3v) is 19.0. The summed E-state index contributed by atoms with van der Waals surface area (Å²) in [6, 6.07) is 82.0. The summed E-state index contributed by atoms with van der Waals surface area (Å²) in [5.41, 5.74) is 25.4. The lowest BCUT2D eigenvalue weighted by Gasteiger charge is -2.30. The van der Waals surface area contributed by atoms with Crippen LogP contribution in [0, 0.1) is 0 Å². The van der Waals surface area contributed by atoms with Crippen molar-refractivity contribution in [3.05, 3.63) is 274 Å². The van der Waals surface area contributed by atoms with Crippen molar-refractivity contribution in [2.24, 2.45) is 0 Å². The van der Waals surface area contributed by atoms with Gasteiger partial charge in [0.2, 0.25) is 5.28 Å². The number of nitrogens with zero attached hydrogens (tertiary/aromatic N) is 4. The van der Waals surface area contributed by atoms with Crippen molar-refractivity contribution in [2.45, 2.75) is 24.2 Å². The molecule has 0 N–H and O–H groups in total. The molecule has 0 fully saturated rings. The van der Waals surface area contributed by atoms with Gasteiger partial charge in [-0.3, -0.25) is 0 Å². The van der Waals surface area contributed by atoms with Crippen molar-refractivity contribution in [3.8, 4) is 78.3 Å². The fourth-order valence-electron chi connectivity index (χ4n) is 13.9. The summed E-state index contributed by atoms with van der Waals surface area (Å²) in [6.07, 6.45) is 0.791. The molecule has 0 amide bonds. The molecule has 17 rings (SSSR count). The number of rotatable bonds is 6. The monoisotopic (exact) mass is 1080 g/mol. The normalized spacial score (nSPS) is 15.1. The van der Waals surface area contributed by atoms with E-state index in [-0.39, 0.29) is 10.7 Å². The van der Waals surface area contributed by atoms with Gasteiger partial charge in [0.05, 0.1) is 10.8 Å². The SMILES string of the molecule is CC1(Cc2ccc(-c3nc(-c4ccccc4)nc4c3oc3ccc(-c5ccc6c(c5)C5(c7ccccc7-c7ccccc75)c5ccccc5-6)cc34)cc2)c2ccccc2-c2ccc(-c3ccc4sc5nc(Cl)nc(Cl)c5c4c3)cc21. The first-order chi connectivity index (χ1) is 39.3. The van der Waals surface area contributed by atoms with Gasteiger partial charge in [0.15, 0.2) is 11.4 Å². The molecule has 0 bridgehead atoms. The lowest BCUT2D eigenvalue weighted by Crippen LogP contribution is -2.25. The number of aromatic nitrogens is 4. The lowest BCUT2D eigenvalue weighted by molar-refractivity contribution is 0.583. The molecule has 0 radical (unpaired) electrons. The van der Waals surface area contributed by atoms with Crippen LogP contribution in [0.5, 0.6) is 0 Å². The second kappa shape index (κ2) is 17.0. The molecule has 4 heterocycles. The van der Waals surface area contributed by atoms with Crippen LogP contribution in [-0.4, -0.2) is 19.9 Å². The number of hydrogen-bond donors (Lipinski definition) is 0. The van der Waals surface area contributed by atoms with Gasteiger partial charge >= 0.3 is 0 Å². The van der Waals surface area contributed by atoms with Crippen molar-refractivity contribution in [1.82, 2.24) is 19.9 Å². The Morgan fingerprint density at radius 2 is 0.963 bits per heavy atom. The maximum atomic E-state index is 6.88. The average Bonchev–Trinajstić information content (AvgIpc) is 4.47. The molecule has 1 spiro atoms. The van der Waals surface area contributed by atoms with Crippen molar-refractivity contribution in [3.63, 3.8) is 0 Å². The molecule has 14 aromatic rings. The Hall–Kier alpha value is -9.04. The van der Waals surface area contributed by atoms with Gasteiger partial charge in [-0.25, -0.2) is 19.9 Å². The topological polar surface area (TPSA) is 64.7 Å². The highest BCUT2D eigenvalue weighted by Crippen LogP contribution is 2.63. The first-order valence-corrected chi connectivity index (χ1v) is 28.5. The standard InChI is InChI=1S/C72H42Cl2N4OS/c1-71(55-19-9-5-15-47(55)51-31-27-45(37-59(51)71)44-30-34-62-54(36-44)63-67(73)77-70(74)78-69(63)80-62)39-40-23-25-41(26-24-40)64-66-65(76-68(75-64)42-13-3-2-4-14-42)53-35-43(29-33-61(53)79-66)46-28-32-52-50-18-8-12-22-58(50)72(60(52)38-46)56-20-10-6-16-48(56)49-17-7-11-21-57(49)72/h2-38H,39H2,1H3. The summed E-state index contributed by atoms with van der Waals surface area (Å²) in [7, 11) is 0. The van der Waals surface area contributed by atoms with Crippen LogP contribution in [0.2, 0.25) is 10.4 Å². The zero-order valence-corrected chi connectivity index (χ0v) is 45.3. The van der Waals surface area contributed by atoms with Gasteiger partial charge < -0.3 is 4.42 Å². The molecule has 80 heavy (non-hydrogen) atoms. The van der Waals surface area contributed by atoms with Crippen LogP contribution in [0.4, 0.5) is 0 Å². The van der Waals surface area contributed by atoms with E-state index in [1.807, 2.05) is 18.2 Å². The molecule has 1 unspecified atom stereocenters. The first-order valence-electron chi connectivity index (χ1n) is 26.9. The molecular weight excluding hydrogens is 1040 g/mol. The van der Waals surface area contributed by atoms with Crippen LogP contribution < -0.4 is 0 Å². The van der Waals surface area contributed by atoms with Crippen LogP contribution >= 0.6 is 34.5 Å². The van der Waals surface area contributed by atoms with Gasteiger partial charge in [0, 0.05) is 32.0 Å². The van der Waals surface area contributed by atoms with E-state index < -0.39 is 5.41 Å². The summed E-state index contributed by atoms with van der Waals surface area (Å²) in [5.74, 6) is 0.649. The zero-order valence-electron chi connectivity index (χ0n) is 42.9. The van der Waals surface area contributed by atoms with E-state index in [0.29, 0.717) is 16.6 Å². The predicted octanol–water partition coefficient (Wildman–Crippen LogP) is 19.4. The molecule has 4 aromatic heterocycles. The lowest BCUT2D eigenvalue weighted by atomic mass is 9.70. The molecule has 3 aliphatic carbocycles. The van der Waals surface area contributed by atoms with E-state index in [1.54, 1.807) is 11.3 Å². The molecule has 1 atom stereocenters. The Morgan fingerprint density at radius 1 is 0.438 bits per heavy atom. The largest absolute Gasteiger partial charge is 0.452 e. The second-order valence-corrected chi connectivity index (χ2v) is 23.4. The van der Waals surface area contributed by atoms with E-state index in [4.69, 9.17) is 37.6 Å². The Kier molecular flexibility index (Phi) is 9.75. The molecule has 5 nitrogen and oxygen atoms in total. The first kappa shape index (κ1) is 45.9. The highest BCUT2D eigenvalue weighted by Gasteiger charge is 2.51. The number of furan rings is 1. The quantitative estimate of drug-likeness (QED) is 0.123. The molecule has 376 valence electrons. The minimum absolute atomic E-state index is 0.153. The summed E-state index contributed by atoms with van der Waals surface area (Å²) >= 11 is 14.5. The second-order valence-electron chi connectivity index (χ2n) is 21.7.